The van der Waals surface area contributed by atoms with E-state index in [1.54, 1.807) is 5.57 Å². The van der Waals surface area contributed by atoms with Gasteiger partial charge in [-0.1, -0.05) is 6.92 Å². The average Bonchev–Trinajstić information content (AvgIpc) is 3.26. The van der Waals surface area contributed by atoms with Gasteiger partial charge in [0.15, 0.2) is 0 Å². The second kappa shape index (κ2) is 5.48. The average molecular weight is 333 g/mol. The molecule has 2 aliphatic rings. The SMILES string of the molecule is CCc1[nH]nc2ccc3c(c12)C1=C(CCCC1)C(c1cn[nH]c1C)N3. The molecule has 0 radical (unpaired) electrons. The number of allylic oxidation sites excluding steroid dienone is 1. The third kappa shape index (κ3) is 2.08. The highest BCUT2D eigenvalue weighted by Crippen LogP contribution is 2.49. The van der Waals surface area contributed by atoms with Crippen molar-refractivity contribution >= 4 is 22.2 Å². The molecule has 1 unspecified atom stereocenters. The molecule has 5 nitrogen and oxygen atoms in total. The van der Waals surface area contributed by atoms with Crippen LogP contribution in [0.2, 0.25) is 0 Å². The highest BCUT2D eigenvalue weighted by atomic mass is 15.1. The number of aromatic amines is 2. The van der Waals surface area contributed by atoms with Crippen LogP contribution in [0.15, 0.2) is 23.9 Å². The first kappa shape index (κ1) is 14.8. The lowest BCUT2D eigenvalue weighted by atomic mass is 9.77. The zero-order chi connectivity index (χ0) is 17.0. The van der Waals surface area contributed by atoms with E-state index in [2.05, 4.69) is 51.7 Å². The van der Waals surface area contributed by atoms with Gasteiger partial charge in [-0.2, -0.15) is 10.2 Å². The molecular weight excluding hydrogens is 310 g/mol. The van der Waals surface area contributed by atoms with Gasteiger partial charge in [0.1, 0.15) is 0 Å². The first-order valence-electron chi connectivity index (χ1n) is 9.26. The summed E-state index contributed by atoms with van der Waals surface area (Å²) in [6.45, 7) is 4.30. The Balaban J connectivity index is 1.78. The van der Waals surface area contributed by atoms with E-state index in [0.717, 1.165) is 30.5 Å². The molecular formula is C20H23N5. The van der Waals surface area contributed by atoms with Crippen LogP contribution in [0.25, 0.3) is 16.5 Å². The van der Waals surface area contributed by atoms with Crippen molar-refractivity contribution < 1.29 is 0 Å². The monoisotopic (exact) mass is 333 g/mol. The molecule has 1 aliphatic carbocycles. The van der Waals surface area contributed by atoms with Crippen LogP contribution in [0.1, 0.15) is 61.2 Å². The third-order valence-electron chi connectivity index (χ3n) is 5.79. The van der Waals surface area contributed by atoms with Crippen LogP contribution >= 0.6 is 0 Å². The number of aryl methyl sites for hydroxylation is 2. The predicted octanol–water partition coefficient (Wildman–Crippen LogP) is 4.65. The van der Waals surface area contributed by atoms with Gasteiger partial charge in [-0.05, 0) is 62.3 Å². The van der Waals surface area contributed by atoms with Gasteiger partial charge in [0.05, 0.1) is 17.8 Å². The van der Waals surface area contributed by atoms with Crippen LogP contribution in [0, 0.1) is 6.92 Å². The van der Waals surface area contributed by atoms with Gasteiger partial charge in [-0.25, -0.2) is 0 Å². The van der Waals surface area contributed by atoms with E-state index in [1.807, 2.05) is 6.20 Å². The Morgan fingerprint density at radius 3 is 2.84 bits per heavy atom. The third-order valence-corrected chi connectivity index (χ3v) is 5.79. The summed E-state index contributed by atoms with van der Waals surface area (Å²) in [5.41, 5.74) is 10.4. The largest absolute Gasteiger partial charge is 0.374 e. The summed E-state index contributed by atoms with van der Waals surface area (Å²) in [6, 6.07) is 4.56. The summed E-state index contributed by atoms with van der Waals surface area (Å²) < 4.78 is 0. The maximum atomic E-state index is 4.53. The predicted molar refractivity (Wildman–Crippen MR) is 101 cm³/mol. The molecule has 0 spiro atoms. The van der Waals surface area contributed by atoms with Gasteiger partial charge in [0.2, 0.25) is 0 Å². The van der Waals surface area contributed by atoms with E-state index in [1.165, 1.54) is 46.3 Å². The zero-order valence-electron chi connectivity index (χ0n) is 14.7. The van der Waals surface area contributed by atoms with Crippen LogP contribution in [0.4, 0.5) is 5.69 Å². The maximum absolute atomic E-state index is 4.53. The molecule has 25 heavy (non-hydrogen) atoms. The summed E-state index contributed by atoms with van der Waals surface area (Å²) in [5, 5.41) is 20.3. The number of benzene rings is 1. The van der Waals surface area contributed by atoms with Gasteiger partial charge < -0.3 is 5.32 Å². The van der Waals surface area contributed by atoms with Crippen molar-refractivity contribution in [1.82, 2.24) is 20.4 Å². The Morgan fingerprint density at radius 1 is 1.16 bits per heavy atom. The molecule has 1 atom stereocenters. The fourth-order valence-electron chi connectivity index (χ4n) is 4.56. The summed E-state index contributed by atoms with van der Waals surface area (Å²) >= 11 is 0. The summed E-state index contributed by atoms with van der Waals surface area (Å²) in [6.07, 6.45) is 7.80. The lowest BCUT2D eigenvalue weighted by molar-refractivity contribution is 0.667. The number of rotatable bonds is 2. The van der Waals surface area contributed by atoms with Crippen LogP contribution in [0.3, 0.4) is 0 Å². The quantitative estimate of drug-likeness (QED) is 0.639. The van der Waals surface area contributed by atoms with Gasteiger partial charge in [0.25, 0.3) is 0 Å². The Morgan fingerprint density at radius 2 is 2.04 bits per heavy atom. The van der Waals surface area contributed by atoms with Gasteiger partial charge in [-0.3, -0.25) is 10.2 Å². The van der Waals surface area contributed by atoms with Crippen LogP contribution in [0.5, 0.6) is 0 Å². The van der Waals surface area contributed by atoms with Crippen molar-refractivity contribution in [2.24, 2.45) is 0 Å². The second-order valence-electron chi connectivity index (χ2n) is 7.18. The molecule has 3 heterocycles. The Bertz CT molecular complexity index is 991. The van der Waals surface area contributed by atoms with Gasteiger partial charge in [-0.15, -0.1) is 0 Å². The normalized spacial score (nSPS) is 19.7. The number of hydrogen-bond acceptors (Lipinski definition) is 3. The molecule has 5 heteroatoms. The first-order chi connectivity index (χ1) is 12.3. The second-order valence-corrected chi connectivity index (χ2v) is 7.18. The van der Waals surface area contributed by atoms with Crippen molar-refractivity contribution in [2.45, 2.75) is 52.0 Å². The number of H-pyrrole nitrogens is 2. The smallest absolute Gasteiger partial charge is 0.0931 e. The van der Waals surface area contributed by atoms with Crippen molar-refractivity contribution in [2.75, 3.05) is 5.32 Å². The number of fused-ring (bicyclic) bond motifs is 4. The number of nitrogens with one attached hydrogen (secondary N) is 3. The standard InChI is InChI=1S/C20H23N5/c1-3-15-19-17(25-24-15)9-8-16-18(19)12-6-4-5-7-13(12)20(22-16)14-10-21-23-11(14)2/h8-10,20,22H,3-7H2,1-2H3,(H,21,23)(H,24,25). The number of nitrogens with zero attached hydrogens (tertiary/aromatic N) is 2. The van der Waals surface area contributed by atoms with Gasteiger partial charge in [0, 0.05) is 33.6 Å². The molecule has 0 amide bonds. The van der Waals surface area contributed by atoms with Crippen LogP contribution < -0.4 is 5.32 Å². The molecule has 1 aliphatic heterocycles. The van der Waals surface area contributed by atoms with Gasteiger partial charge >= 0.3 is 0 Å². The highest BCUT2D eigenvalue weighted by molar-refractivity contribution is 6.01. The Kier molecular flexibility index (Phi) is 3.23. The molecule has 5 rings (SSSR count). The summed E-state index contributed by atoms with van der Waals surface area (Å²) in [7, 11) is 0. The molecule has 0 fully saturated rings. The molecule has 3 N–H and O–H groups in total. The topological polar surface area (TPSA) is 69.4 Å². The van der Waals surface area contributed by atoms with E-state index in [0.29, 0.717) is 0 Å². The lowest BCUT2D eigenvalue weighted by Gasteiger charge is -2.35. The van der Waals surface area contributed by atoms with Crippen LogP contribution in [-0.4, -0.2) is 20.4 Å². The van der Waals surface area contributed by atoms with Crippen molar-refractivity contribution in [1.29, 1.82) is 0 Å². The molecule has 0 saturated carbocycles. The Hall–Kier alpha value is -2.56. The molecule has 2 aromatic heterocycles. The fraction of sp³-hybridized carbons (Fsp3) is 0.400. The Labute approximate surface area is 146 Å². The molecule has 128 valence electrons. The van der Waals surface area contributed by atoms with Crippen LogP contribution in [-0.2, 0) is 6.42 Å². The van der Waals surface area contributed by atoms with E-state index in [9.17, 15) is 0 Å². The molecule has 1 aromatic carbocycles. The molecule has 0 saturated heterocycles. The highest BCUT2D eigenvalue weighted by Gasteiger charge is 2.32. The van der Waals surface area contributed by atoms with E-state index in [4.69, 9.17) is 0 Å². The molecule has 0 bridgehead atoms. The minimum atomic E-state index is 0.232. The van der Waals surface area contributed by atoms with E-state index in [-0.39, 0.29) is 6.04 Å². The maximum Gasteiger partial charge on any atom is 0.0931 e. The number of hydrogen-bond donors (Lipinski definition) is 3. The van der Waals surface area contributed by atoms with E-state index < -0.39 is 0 Å². The van der Waals surface area contributed by atoms with E-state index >= 15 is 0 Å². The summed E-state index contributed by atoms with van der Waals surface area (Å²) in [4.78, 5) is 0. The van der Waals surface area contributed by atoms with Crippen molar-refractivity contribution in [3.8, 4) is 0 Å². The zero-order valence-corrected chi connectivity index (χ0v) is 14.7. The fourth-order valence-corrected chi connectivity index (χ4v) is 4.56. The number of anilines is 1. The lowest BCUT2D eigenvalue weighted by Crippen LogP contribution is -2.22. The molecule has 3 aromatic rings. The van der Waals surface area contributed by atoms with Crippen molar-refractivity contribution in [3.63, 3.8) is 0 Å². The minimum Gasteiger partial charge on any atom is -0.374 e. The summed E-state index contributed by atoms with van der Waals surface area (Å²) in [5.74, 6) is 0. The number of aromatic nitrogens is 4. The first-order valence-corrected chi connectivity index (χ1v) is 9.26. The minimum absolute atomic E-state index is 0.232. The van der Waals surface area contributed by atoms with Crippen molar-refractivity contribution in [3.05, 3.63) is 46.4 Å².